The third kappa shape index (κ3) is 2.25. The summed E-state index contributed by atoms with van der Waals surface area (Å²) < 4.78 is 1.32. The van der Waals surface area contributed by atoms with Crippen LogP contribution in [-0.2, 0) is 12.8 Å². The number of aromatic nitrogens is 3. The van der Waals surface area contributed by atoms with Crippen molar-refractivity contribution in [3.8, 4) is 0 Å². The highest BCUT2D eigenvalue weighted by molar-refractivity contribution is 7.18. The molecule has 5 nitrogen and oxygen atoms in total. The van der Waals surface area contributed by atoms with E-state index in [1.165, 1.54) is 27.9 Å². The molecule has 0 spiro atoms. The van der Waals surface area contributed by atoms with Crippen molar-refractivity contribution in [3.05, 3.63) is 57.2 Å². The lowest BCUT2D eigenvalue weighted by molar-refractivity contribution is 0.699. The fraction of sp³-hybridized carbons (Fsp3) is 0.250. The molecule has 3 aromatic rings. The maximum atomic E-state index is 12.7. The molecule has 1 aliphatic rings. The van der Waals surface area contributed by atoms with Crippen LogP contribution in [-0.4, -0.2) is 20.9 Å². The summed E-state index contributed by atoms with van der Waals surface area (Å²) in [5.74, 6) is 0. The van der Waals surface area contributed by atoms with E-state index in [9.17, 15) is 4.79 Å². The Morgan fingerprint density at radius 2 is 2.05 bits per heavy atom. The smallest absolute Gasteiger partial charge is 0.267 e. The quantitative estimate of drug-likeness (QED) is 0.684. The Bertz CT molecular complexity index is 911. The number of thiophene rings is 1. The van der Waals surface area contributed by atoms with Gasteiger partial charge in [0.25, 0.3) is 5.56 Å². The number of aryl methyl sites for hydroxylation is 2. The van der Waals surface area contributed by atoms with Crippen LogP contribution in [0, 0.1) is 0 Å². The first-order valence-corrected chi connectivity index (χ1v) is 8.11. The lowest BCUT2D eigenvalue weighted by Crippen LogP contribution is -2.18. The standard InChI is InChI=1S/C16H14N4OS/c21-16-14-12-3-1-2-4-13(12)22-15(14)18-10-20(16)19-9-11-5-7-17-8-6-11/h5-10H,1-4H2. The molecule has 0 amide bonds. The van der Waals surface area contributed by atoms with Gasteiger partial charge in [-0.2, -0.15) is 9.78 Å². The SMILES string of the molecule is O=c1c2c3c(sc2ncn1N=Cc1ccncc1)CCCC3. The molecule has 0 saturated carbocycles. The highest BCUT2D eigenvalue weighted by Gasteiger charge is 2.19. The monoisotopic (exact) mass is 310 g/mol. The second-order valence-electron chi connectivity index (χ2n) is 5.31. The molecule has 0 unspecified atom stereocenters. The number of hydrogen-bond acceptors (Lipinski definition) is 5. The Kier molecular flexibility index (Phi) is 3.31. The van der Waals surface area contributed by atoms with E-state index in [0.717, 1.165) is 35.0 Å². The molecule has 0 radical (unpaired) electrons. The van der Waals surface area contributed by atoms with Crippen LogP contribution < -0.4 is 5.56 Å². The fourth-order valence-corrected chi connectivity index (χ4v) is 4.02. The van der Waals surface area contributed by atoms with Crippen molar-refractivity contribution in [2.24, 2.45) is 5.10 Å². The normalized spacial score (nSPS) is 14.5. The molecule has 6 heteroatoms. The zero-order valence-electron chi connectivity index (χ0n) is 11.9. The number of pyridine rings is 1. The molecule has 110 valence electrons. The molecule has 0 aromatic carbocycles. The highest BCUT2D eigenvalue weighted by atomic mass is 32.1. The van der Waals surface area contributed by atoms with Crippen LogP contribution in [0.15, 0.2) is 40.7 Å². The lowest BCUT2D eigenvalue weighted by atomic mass is 9.97. The molecular weight excluding hydrogens is 296 g/mol. The molecule has 0 aliphatic heterocycles. The fourth-order valence-electron chi connectivity index (χ4n) is 2.80. The van der Waals surface area contributed by atoms with Gasteiger partial charge >= 0.3 is 0 Å². The van der Waals surface area contributed by atoms with Gasteiger partial charge in [0, 0.05) is 17.3 Å². The topological polar surface area (TPSA) is 60.1 Å². The number of fused-ring (bicyclic) bond motifs is 3. The summed E-state index contributed by atoms with van der Waals surface area (Å²) >= 11 is 1.65. The summed E-state index contributed by atoms with van der Waals surface area (Å²) in [6, 6.07) is 3.68. The summed E-state index contributed by atoms with van der Waals surface area (Å²) in [7, 11) is 0. The van der Waals surface area contributed by atoms with Gasteiger partial charge in [0.15, 0.2) is 0 Å². The Hall–Kier alpha value is -2.34. The number of nitrogens with zero attached hydrogens (tertiary/aromatic N) is 4. The van der Waals surface area contributed by atoms with E-state index in [4.69, 9.17) is 0 Å². The summed E-state index contributed by atoms with van der Waals surface area (Å²) in [6.07, 6.45) is 10.9. The average Bonchev–Trinajstić information content (AvgIpc) is 2.94. The minimum absolute atomic E-state index is 0.0743. The van der Waals surface area contributed by atoms with E-state index in [-0.39, 0.29) is 5.56 Å². The van der Waals surface area contributed by atoms with Crippen molar-refractivity contribution in [1.82, 2.24) is 14.6 Å². The molecular formula is C16H14N4OS. The van der Waals surface area contributed by atoms with Crippen molar-refractivity contribution in [2.75, 3.05) is 0 Å². The zero-order chi connectivity index (χ0) is 14.9. The molecule has 3 aromatic heterocycles. The summed E-state index contributed by atoms with van der Waals surface area (Å²) in [5, 5.41) is 5.01. The third-order valence-electron chi connectivity index (χ3n) is 3.90. The van der Waals surface area contributed by atoms with Gasteiger partial charge in [-0.15, -0.1) is 11.3 Å². The molecule has 0 atom stereocenters. The lowest BCUT2D eigenvalue weighted by Gasteiger charge is -2.09. The van der Waals surface area contributed by atoms with Gasteiger partial charge in [0.05, 0.1) is 11.6 Å². The van der Waals surface area contributed by atoms with E-state index in [1.54, 1.807) is 29.9 Å². The average molecular weight is 310 g/mol. The van der Waals surface area contributed by atoms with Gasteiger partial charge in [-0.05, 0) is 48.9 Å². The first-order chi connectivity index (χ1) is 10.8. The van der Waals surface area contributed by atoms with E-state index < -0.39 is 0 Å². The predicted octanol–water partition coefficient (Wildman–Crippen LogP) is 2.61. The van der Waals surface area contributed by atoms with Crippen LogP contribution in [0.2, 0.25) is 0 Å². The maximum Gasteiger partial charge on any atom is 0.282 e. The minimum Gasteiger partial charge on any atom is -0.267 e. The summed E-state index contributed by atoms with van der Waals surface area (Å²) in [4.78, 5) is 23.2. The molecule has 22 heavy (non-hydrogen) atoms. The second kappa shape index (κ2) is 5.46. The van der Waals surface area contributed by atoms with Gasteiger partial charge in [-0.1, -0.05) is 0 Å². The van der Waals surface area contributed by atoms with Crippen molar-refractivity contribution in [1.29, 1.82) is 0 Å². The molecule has 1 aliphatic carbocycles. The molecule has 0 saturated heterocycles. The van der Waals surface area contributed by atoms with Crippen molar-refractivity contribution < 1.29 is 0 Å². The van der Waals surface area contributed by atoms with Gasteiger partial charge in [0.2, 0.25) is 0 Å². The number of hydrogen-bond donors (Lipinski definition) is 0. The van der Waals surface area contributed by atoms with E-state index >= 15 is 0 Å². The largest absolute Gasteiger partial charge is 0.282 e. The van der Waals surface area contributed by atoms with Crippen LogP contribution in [0.4, 0.5) is 0 Å². The maximum absolute atomic E-state index is 12.7. The van der Waals surface area contributed by atoms with E-state index in [2.05, 4.69) is 15.1 Å². The Labute approximate surface area is 131 Å². The minimum atomic E-state index is -0.0743. The van der Waals surface area contributed by atoms with Crippen LogP contribution in [0.3, 0.4) is 0 Å². The number of rotatable bonds is 2. The van der Waals surface area contributed by atoms with E-state index in [0.29, 0.717) is 0 Å². The van der Waals surface area contributed by atoms with Crippen molar-refractivity contribution in [2.45, 2.75) is 25.7 Å². The highest BCUT2D eigenvalue weighted by Crippen LogP contribution is 2.33. The molecule has 0 bridgehead atoms. The van der Waals surface area contributed by atoms with E-state index in [1.807, 2.05) is 12.1 Å². The third-order valence-corrected chi connectivity index (χ3v) is 5.10. The van der Waals surface area contributed by atoms with Gasteiger partial charge in [-0.25, -0.2) is 4.98 Å². The van der Waals surface area contributed by atoms with Crippen molar-refractivity contribution >= 4 is 27.8 Å². The first-order valence-electron chi connectivity index (χ1n) is 7.29. The first kappa shape index (κ1) is 13.3. The summed E-state index contributed by atoms with van der Waals surface area (Å²) in [5.41, 5.74) is 2.02. The van der Waals surface area contributed by atoms with Crippen molar-refractivity contribution in [3.63, 3.8) is 0 Å². The van der Waals surface area contributed by atoms with Gasteiger partial charge in [-0.3, -0.25) is 9.78 Å². The molecule has 0 N–H and O–H groups in total. The summed E-state index contributed by atoms with van der Waals surface area (Å²) in [6.45, 7) is 0. The Balaban J connectivity index is 1.81. The molecule has 3 heterocycles. The second-order valence-corrected chi connectivity index (χ2v) is 6.39. The van der Waals surface area contributed by atoms with Crippen LogP contribution in [0.25, 0.3) is 10.2 Å². The Morgan fingerprint density at radius 3 is 2.91 bits per heavy atom. The van der Waals surface area contributed by atoms with Crippen LogP contribution in [0.5, 0.6) is 0 Å². The van der Waals surface area contributed by atoms with Gasteiger partial charge < -0.3 is 0 Å². The molecule has 4 rings (SSSR count). The van der Waals surface area contributed by atoms with Gasteiger partial charge in [0.1, 0.15) is 11.2 Å². The van der Waals surface area contributed by atoms with Crippen LogP contribution in [0.1, 0.15) is 28.8 Å². The van der Waals surface area contributed by atoms with Crippen LogP contribution >= 0.6 is 11.3 Å². The predicted molar refractivity (Wildman–Crippen MR) is 87.8 cm³/mol. The molecule has 0 fully saturated rings. The Morgan fingerprint density at radius 1 is 1.23 bits per heavy atom. The zero-order valence-corrected chi connectivity index (χ0v) is 12.7.